The van der Waals surface area contributed by atoms with E-state index in [2.05, 4.69) is 5.32 Å². The van der Waals surface area contributed by atoms with Gasteiger partial charge in [-0.25, -0.2) is 0 Å². The average Bonchev–Trinajstić information content (AvgIpc) is 2.38. The SMILES string of the molecule is NC(=O)C(CCC=O)NCc1cc(O)ccc1C=O. The number of benzene rings is 1. The van der Waals surface area contributed by atoms with Crippen molar-refractivity contribution in [2.24, 2.45) is 5.73 Å². The maximum absolute atomic E-state index is 11.2. The Kier molecular flexibility index (Phi) is 5.69. The van der Waals surface area contributed by atoms with Crippen molar-refractivity contribution in [1.29, 1.82) is 0 Å². The first-order chi connectivity index (χ1) is 9.08. The van der Waals surface area contributed by atoms with E-state index < -0.39 is 11.9 Å². The van der Waals surface area contributed by atoms with Gasteiger partial charge in [0.05, 0.1) is 6.04 Å². The number of phenols is 1. The van der Waals surface area contributed by atoms with Crippen LogP contribution in [0.3, 0.4) is 0 Å². The summed E-state index contributed by atoms with van der Waals surface area (Å²) in [5, 5.41) is 12.2. The number of nitrogens with one attached hydrogen (secondary N) is 1. The standard InChI is InChI=1S/C13H16N2O4/c14-13(19)12(2-1-5-16)15-7-10-6-11(18)4-3-9(10)8-17/h3-6,8,12,15,18H,1-2,7H2,(H2,14,19). The molecule has 1 unspecified atom stereocenters. The van der Waals surface area contributed by atoms with Crippen LogP contribution in [0, 0.1) is 0 Å². The van der Waals surface area contributed by atoms with Crippen molar-refractivity contribution in [1.82, 2.24) is 5.32 Å². The minimum atomic E-state index is -0.646. The number of hydrogen-bond acceptors (Lipinski definition) is 5. The van der Waals surface area contributed by atoms with Gasteiger partial charge >= 0.3 is 0 Å². The first-order valence-electron chi connectivity index (χ1n) is 5.82. The molecule has 0 fully saturated rings. The molecule has 1 atom stereocenters. The van der Waals surface area contributed by atoms with Crippen molar-refractivity contribution in [2.45, 2.75) is 25.4 Å². The monoisotopic (exact) mass is 264 g/mol. The van der Waals surface area contributed by atoms with Gasteiger partial charge in [-0.2, -0.15) is 0 Å². The third kappa shape index (κ3) is 4.51. The van der Waals surface area contributed by atoms with Gasteiger partial charge in [-0.05, 0) is 30.2 Å². The second-order valence-electron chi connectivity index (χ2n) is 4.08. The van der Waals surface area contributed by atoms with Gasteiger partial charge in [0.15, 0.2) is 0 Å². The fraction of sp³-hybridized carbons (Fsp3) is 0.308. The number of aldehydes is 2. The van der Waals surface area contributed by atoms with Crippen LogP contribution in [-0.2, 0) is 16.1 Å². The van der Waals surface area contributed by atoms with Gasteiger partial charge in [0.25, 0.3) is 0 Å². The topological polar surface area (TPSA) is 109 Å². The van der Waals surface area contributed by atoms with Crippen LogP contribution in [0.25, 0.3) is 0 Å². The molecule has 0 bridgehead atoms. The van der Waals surface area contributed by atoms with Gasteiger partial charge in [0.1, 0.15) is 18.3 Å². The minimum absolute atomic E-state index is 0.0333. The van der Waals surface area contributed by atoms with Crippen molar-refractivity contribution in [3.05, 3.63) is 29.3 Å². The number of carbonyl (C=O) groups is 3. The van der Waals surface area contributed by atoms with Gasteiger partial charge in [0.2, 0.25) is 5.91 Å². The second-order valence-corrected chi connectivity index (χ2v) is 4.08. The van der Waals surface area contributed by atoms with Crippen LogP contribution in [0.1, 0.15) is 28.8 Å². The van der Waals surface area contributed by atoms with E-state index in [1.165, 1.54) is 18.2 Å². The third-order valence-electron chi connectivity index (χ3n) is 2.71. The zero-order valence-corrected chi connectivity index (χ0v) is 10.3. The minimum Gasteiger partial charge on any atom is -0.508 e. The summed E-state index contributed by atoms with van der Waals surface area (Å²) in [6, 6.07) is 3.69. The van der Waals surface area contributed by atoms with E-state index >= 15 is 0 Å². The second kappa shape index (κ2) is 7.27. The lowest BCUT2D eigenvalue weighted by molar-refractivity contribution is -0.120. The van der Waals surface area contributed by atoms with Gasteiger partial charge in [-0.3, -0.25) is 9.59 Å². The van der Waals surface area contributed by atoms with E-state index in [1.807, 2.05) is 0 Å². The Bertz CT molecular complexity index is 474. The molecule has 102 valence electrons. The lowest BCUT2D eigenvalue weighted by Crippen LogP contribution is -2.41. The summed E-state index contributed by atoms with van der Waals surface area (Å²) in [6.07, 6.45) is 1.90. The Balaban J connectivity index is 2.72. The summed E-state index contributed by atoms with van der Waals surface area (Å²) in [4.78, 5) is 32.3. The highest BCUT2D eigenvalue weighted by Crippen LogP contribution is 2.15. The molecule has 0 aromatic heterocycles. The first-order valence-corrected chi connectivity index (χ1v) is 5.82. The average molecular weight is 264 g/mol. The zero-order chi connectivity index (χ0) is 14.3. The molecule has 6 nitrogen and oxygen atoms in total. The maximum Gasteiger partial charge on any atom is 0.234 e. The molecule has 1 aromatic rings. The molecule has 1 rings (SSSR count). The Morgan fingerprint density at radius 3 is 2.74 bits per heavy atom. The van der Waals surface area contributed by atoms with Crippen LogP contribution in [0.4, 0.5) is 0 Å². The van der Waals surface area contributed by atoms with Gasteiger partial charge < -0.3 is 21.0 Å². The molecule has 0 heterocycles. The van der Waals surface area contributed by atoms with Crippen molar-refractivity contribution < 1.29 is 19.5 Å². The smallest absolute Gasteiger partial charge is 0.234 e. The molecule has 0 saturated heterocycles. The first kappa shape index (κ1) is 14.8. The molecule has 0 aliphatic carbocycles. The van der Waals surface area contributed by atoms with Crippen molar-refractivity contribution in [2.75, 3.05) is 0 Å². The van der Waals surface area contributed by atoms with Gasteiger partial charge in [-0.1, -0.05) is 0 Å². The molecule has 0 aliphatic heterocycles. The number of primary amides is 1. The Hall–Kier alpha value is -2.21. The number of carbonyl (C=O) groups excluding carboxylic acids is 3. The van der Waals surface area contributed by atoms with E-state index in [1.54, 1.807) is 0 Å². The van der Waals surface area contributed by atoms with Crippen LogP contribution >= 0.6 is 0 Å². The van der Waals surface area contributed by atoms with Gasteiger partial charge in [-0.15, -0.1) is 0 Å². The summed E-state index contributed by atoms with van der Waals surface area (Å²) in [5.74, 6) is -0.527. The molecule has 0 radical (unpaired) electrons. The van der Waals surface area contributed by atoms with Crippen molar-refractivity contribution in [3.8, 4) is 5.75 Å². The van der Waals surface area contributed by atoms with Crippen molar-refractivity contribution >= 4 is 18.5 Å². The lowest BCUT2D eigenvalue weighted by atomic mass is 10.1. The Labute approximate surface area is 110 Å². The van der Waals surface area contributed by atoms with Gasteiger partial charge in [0, 0.05) is 18.5 Å². The highest BCUT2D eigenvalue weighted by Gasteiger charge is 2.14. The van der Waals surface area contributed by atoms with E-state index in [0.29, 0.717) is 30.1 Å². The molecule has 0 saturated carbocycles. The summed E-state index contributed by atoms with van der Waals surface area (Å²) in [6.45, 7) is 0.203. The van der Waals surface area contributed by atoms with Crippen LogP contribution in [0.15, 0.2) is 18.2 Å². The highest BCUT2D eigenvalue weighted by molar-refractivity contribution is 5.80. The van der Waals surface area contributed by atoms with E-state index in [4.69, 9.17) is 5.73 Å². The molecular weight excluding hydrogens is 248 g/mol. The quantitative estimate of drug-likeness (QED) is 0.578. The summed E-state index contributed by atoms with van der Waals surface area (Å²) < 4.78 is 0. The number of nitrogens with two attached hydrogens (primary N) is 1. The molecule has 4 N–H and O–H groups in total. The number of hydrogen-bond donors (Lipinski definition) is 3. The normalized spacial score (nSPS) is 11.8. The van der Waals surface area contributed by atoms with Crippen molar-refractivity contribution in [3.63, 3.8) is 0 Å². The largest absolute Gasteiger partial charge is 0.508 e. The number of phenolic OH excluding ortho intramolecular Hbond substituents is 1. The highest BCUT2D eigenvalue weighted by atomic mass is 16.3. The molecule has 1 amide bonds. The molecule has 0 aliphatic rings. The van der Waals surface area contributed by atoms with Crippen LogP contribution in [0.5, 0.6) is 5.75 Å². The van der Waals surface area contributed by atoms with E-state index in [-0.39, 0.29) is 18.7 Å². The third-order valence-corrected chi connectivity index (χ3v) is 2.71. The molecule has 0 spiro atoms. The predicted octanol–water partition coefficient (Wildman–Crippen LogP) is 0.127. The summed E-state index contributed by atoms with van der Waals surface area (Å²) in [5.41, 5.74) is 6.19. The fourth-order valence-corrected chi connectivity index (χ4v) is 1.67. The Morgan fingerprint density at radius 2 is 2.16 bits per heavy atom. The van der Waals surface area contributed by atoms with E-state index in [0.717, 1.165) is 0 Å². The van der Waals surface area contributed by atoms with Crippen LogP contribution in [0.2, 0.25) is 0 Å². The maximum atomic E-state index is 11.2. The molecule has 6 heteroatoms. The van der Waals surface area contributed by atoms with Crippen LogP contribution < -0.4 is 11.1 Å². The predicted molar refractivity (Wildman–Crippen MR) is 68.6 cm³/mol. The zero-order valence-electron chi connectivity index (χ0n) is 10.3. The number of amides is 1. The molecule has 19 heavy (non-hydrogen) atoms. The molecule has 1 aromatic carbocycles. The molecular formula is C13H16N2O4. The van der Waals surface area contributed by atoms with Crippen LogP contribution in [-0.4, -0.2) is 29.6 Å². The fourth-order valence-electron chi connectivity index (χ4n) is 1.67. The summed E-state index contributed by atoms with van der Waals surface area (Å²) in [7, 11) is 0. The lowest BCUT2D eigenvalue weighted by Gasteiger charge is -2.15. The Morgan fingerprint density at radius 1 is 1.42 bits per heavy atom. The number of aromatic hydroxyl groups is 1. The number of rotatable bonds is 8. The van der Waals surface area contributed by atoms with E-state index in [9.17, 15) is 19.5 Å². The summed E-state index contributed by atoms with van der Waals surface area (Å²) >= 11 is 0.